The summed E-state index contributed by atoms with van der Waals surface area (Å²) in [5, 5.41) is 49.9. The van der Waals surface area contributed by atoms with Crippen LogP contribution in [-0.4, -0.2) is 45.6 Å². The zero-order chi connectivity index (χ0) is 21.8. The Morgan fingerprint density at radius 2 is 1.45 bits per heavy atom. The zero-order valence-corrected chi connectivity index (χ0v) is 15.8. The van der Waals surface area contributed by atoms with E-state index in [1.165, 1.54) is 12.1 Å². The minimum Gasteiger partial charge on any atom is -0.506 e. The van der Waals surface area contributed by atoms with Gasteiger partial charge in [0.15, 0.2) is 0 Å². The molecule has 0 fully saturated rings. The molecule has 152 valence electrons. The number of hydrogen-bond acceptors (Lipinski definition) is 9. The van der Waals surface area contributed by atoms with Gasteiger partial charge in [-0.05, 0) is 24.6 Å². The highest BCUT2D eigenvalue weighted by Crippen LogP contribution is 2.40. The summed E-state index contributed by atoms with van der Waals surface area (Å²) in [4.78, 5) is -0.419. The van der Waals surface area contributed by atoms with Crippen molar-refractivity contribution in [3.63, 3.8) is 0 Å². The van der Waals surface area contributed by atoms with Crippen molar-refractivity contribution in [3.8, 4) is 11.5 Å². The lowest BCUT2D eigenvalue weighted by atomic mass is 10.1. The first kappa shape index (κ1) is 22.3. The Bertz CT molecular complexity index is 1160. The number of phenols is 2. The van der Waals surface area contributed by atoms with Crippen LogP contribution in [0.5, 0.6) is 11.5 Å². The molecule has 0 spiro atoms. The number of aryl methyl sites for hydroxylation is 1. The Kier molecular flexibility index (Phi) is 6.90. The molecule has 0 atom stereocenters. The number of phenolic OH excluding ortho intramolecular Hbond substituents is 2. The summed E-state index contributed by atoms with van der Waals surface area (Å²) < 4.78 is 32.4. The first-order valence-electron chi connectivity index (χ1n) is 7.98. The van der Waals surface area contributed by atoms with Gasteiger partial charge in [0.25, 0.3) is 10.1 Å². The lowest BCUT2D eigenvalue weighted by Gasteiger charge is -2.08. The first-order chi connectivity index (χ1) is 13.5. The van der Waals surface area contributed by atoms with Gasteiger partial charge in [-0.3, -0.25) is 4.55 Å². The fraction of sp³-hybridized carbons (Fsp3) is 0.0588. The number of aromatic hydroxyl groups is 2. The summed E-state index contributed by atoms with van der Waals surface area (Å²) in [5.74, 6) is -0.532. The van der Waals surface area contributed by atoms with Gasteiger partial charge in [-0.2, -0.15) is 8.42 Å². The standard InChI is InChI=1S/C17H14N2O5S.BH3O3/c1-10-6-7-14(20)13(8-10)18-19-17-12-5-3-2-4-11(12)16(9-15(17)21)25(22,23)24;2-1(3)4/h2-9,20-21H,1H3,(H,22,23,24);2-4H/b19-18+;. The van der Waals surface area contributed by atoms with E-state index in [1.807, 2.05) is 6.92 Å². The molecule has 0 radical (unpaired) electrons. The molecule has 0 aliphatic carbocycles. The lowest BCUT2D eigenvalue weighted by molar-refractivity contribution is 0.278. The third-order valence-electron chi connectivity index (χ3n) is 3.62. The van der Waals surface area contributed by atoms with Gasteiger partial charge in [0, 0.05) is 16.8 Å². The van der Waals surface area contributed by atoms with Gasteiger partial charge >= 0.3 is 7.32 Å². The predicted molar refractivity (Wildman–Crippen MR) is 105 cm³/mol. The minimum absolute atomic E-state index is 0.0314. The van der Waals surface area contributed by atoms with Gasteiger partial charge in [-0.25, -0.2) is 0 Å². The Labute approximate surface area is 166 Å². The van der Waals surface area contributed by atoms with E-state index < -0.39 is 28.1 Å². The molecule has 0 heterocycles. The highest BCUT2D eigenvalue weighted by molar-refractivity contribution is 7.86. The monoisotopic (exact) mass is 420 g/mol. The van der Waals surface area contributed by atoms with Crippen molar-refractivity contribution in [1.29, 1.82) is 0 Å². The molecule has 10 nitrogen and oxygen atoms in total. The van der Waals surface area contributed by atoms with Crippen LogP contribution in [0.15, 0.2) is 63.7 Å². The molecule has 0 aliphatic rings. The average Bonchev–Trinajstić information content (AvgIpc) is 2.61. The Hall–Kier alpha value is -3.03. The van der Waals surface area contributed by atoms with Crippen LogP contribution in [0.3, 0.4) is 0 Å². The maximum atomic E-state index is 11.5. The SMILES string of the molecule is Cc1ccc(O)c(/N=N/c2c(O)cc(S(=O)(=O)O)c3ccccc23)c1.OB(O)O. The molecule has 0 aliphatic heterocycles. The molecule has 0 saturated carbocycles. The van der Waals surface area contributed by atoms with Crippen LogP contribution in [0.2, 0.25) is 0 Å². The lowest BCUT2D eigenvalue weighted by Crippen LogP contribution is -2.07. The Morgan fingerprint density at radius 1 is 0.862 bits per heavy atom. The molecular weight excluding hydrogens is 403 g/mol. The normalized spacial score (nSPS) is 11.3. The molecule has 12 heteroatoms. The number of nitrogens with zero attached hydrogens (tertiary/aromatic N) is 2. The third kappa shape index (κ3) is 5.73. The third-order valence-corrected chi connectivity index (χ3v) is 4.52. The molecule has 3 aromatic carbocycles. The summed E-state index contributed by atoms with van der Waals surface area (Å²) in [6.07, 6.45) is 0. The van der Waals surface area contributed by atoms with E-state index in [1.54, 1.807) is 30.3 Å². The number of benzene rings is 3. The summed E-state index contributed by atoms with van der Waals surface area (Å²) in [7, 11) is -6.69. The van der Waals surface area contributed by atoms with Crippen LogP contribution in [0, 0.1) is 6.92 Å². The molecule has 0 bridgehead atoms. The number of azo groups is 1. The fourth-order valence-corrected chi connectivity index (χ4v) is 3.17. The molecule has 0 unspecified atom stereocenters. The van der Waals surface area contributed by atoms with Crippen molar-refractivity contribution in [2.24, 2.45) is 10.2 Å². The average molecular weight is 420 g/mol. The van der Waals surface area contributed by atoms with E-state index in [9.17, 15) is 23.2 Å². The van der Waals surface area contributed by atoms with Crippen molar-refractivity contribution in [3.05, 3.63) is 54.1 Å². The number of fused-ring (bicyclic) bond motifs is 1. The second kappa shape index (κ2) is 8.98. The van der Waals surface area contributed by atoms with Gasteiger partial charge in [0.2, 0.25) is 0 Å². The quantitative estimate of drug-likeness (QED) is 0.212. The summed E-state index contributed by atoms with van der Waals surface area (Å²) in [6.45, 7) is 1.83. The number of rotatable bonds is 3. The van der Waals surface area contributed by atoms with Crippen molar-refractivity contribution in [2.75, 3.05) is 0 Å². The van der Waals surface area contributed by atoms with Crippen molar-refractivity contribution in [1.82, 2.24) is 0 Å². The summed E-state index contributed by atoms with van der Waals surface area (Å²) in [5.41, 5.74) is 1.11. The second-order valence-corrected chi connectivity index (χ2v) is 7.19. The summed E-state index contributed by atoms with van der Waals surface area (Å²) in [6, 6.07) is 12.0. The molecule has 0 saturated heterocycles. The van der Waals surface area contributed by atoms with E-state index in [0.29, 0.717) is 5.39 Å². The summed E-state index contributed by atoms with van der Waals surface area (Å²) >= 11 is 0. The molecule has 3 aromatic rings. The smallest absolute Gasteiger partial charge is 0.506 e. The highest BCUT2D eigenvalue weighted by atomic mass is 32.2. The van der Waals surface area contributed by atoms with E-state index in [-0.39, 0.29) is 22.5 Å². The van der Waals surface area contributed by atoms with Gasteiger partial charge in [-0.1, -0.05) is 30.3 Å². The highest BCUT2D eigenvalue weighted by Gasteiger charge is 2.19. The van der Waals surface area contributed by atoms with Crippen LogP contribution >= 0.6 is 0 Å². The van der Waals surface area contributed by atoms with Crippen LogP contribution in [0.4, 0.5) is 11.4 Å². The van der Waals surface area contributed by atoms with Crippen LogP contribution in [0.25, 0.3) is 10.8 Å². The van der Waals surface area contributed by atoms with E-state index in [2.05, 4.69) is 10.2 Å². The van der Waals surface area contributed by atoms with Gasteiger partial charge in [0.1, 0.15) is 27.8 Å². The first-order valence-corrected chi connectivity index (χ1v) is 9.42. The molecule has 0 amide bonds. The topological polar surface area (TPSA) is 180 Å². The maximum Gasteiger partial charge on any atom is 0.631 e. The van der Waals surface area contributed by atoms with Gasteiger partial charge in [0.05, 0.1) is 0 Å². The zero-order valence-electron chi connectivity index (χ0n) is 15.0. The maximum absolute atomic E-state index is 11.5. The Morgan fingerprint density at radius 3 is 2.03 bits per heavy atom. The van der Waals surface area contributed by atoms with E-state index in [4.69, 9.17) is 15.1 Å². The second-order valence-electron chi connectivity index (χ2n) is 5.80. The number of hydrogen-bond donors (Lipinski definition) is 6. The molecule has 29 heavy (non-hydrogen) atoms. The predicted octanol–water partition coefficient (Wildman–Crippen LogP) is 2.17. The van der Waals surface area contributed by atoms with Crippen molar-refractivity contribution < 1.29 is 38.3 Å². The fourth-order valence-electron chi connectivity index (χ4n) is 2.45. The van der Waals surface area contributed by atoms with Gasteiger partial charge in [-0.15, -0.1) is 10.2 Å². The van der Waals surface area contributed by atoms with Crippen molar-refractivity contribution >= 4 is 39.6 Å². The molecule has 6 N–H and O–H groups in total. The Balaban J connectivity index is 0.000000687. The van der Waals surface area contributed by atoms with E-state index >= 15 is 0 Å². The van der Waals surface area contributed by atoms with Crippen LogP contribution in [0.1, 0.15) is 5.56 Å². The van der Waals surface area contributed by atoms with E-state index in [0.717, 1.165) is 11.6 Å². The van der Waals surface area contributed by atoms with Crippen LogP contribution < -0.4 is 0 Å². The minimum atomic E-state index is -4.52. The van der Waals surface area contributed by atoms with Crippen molar-refractivity contribution in [2.45, 2.75) is 11.8 Å². The van der Waals surface area contributed by atoms with Gasteiger partial charge < -0.3 is 25.3 Å². The largest absolute Gasteiger partial charge is 0.631 e. The molecule has 0 aromatic heterocycles. The van der Waals surface area contributed by atoms with Crippen LogP contribution in [-0.2, 0) is 10.1 Å². The molecule has 3 rings (SSSR count). The molecular formula is C17H17BN2O8S.